The topological polar surface area (TPSA) is 65.2 Å². The fraction of sp³-hybridized carbons (Fsp3) is 0.107. The van der Waals surface area contributed by atoms with Crippen LogP contribution in [0.1, 0.15) is 36.8 Å². The van der Waals surface area contributed by atoms with E-state index in [2.05, 4.69) is 246 Å². The first-order valence-corrected chi connectivity index (χ1v) is 27.4. The van der Waals surface area contributed by atoms with Gasteiger partial charge in [-0.1, -0.05) is 227 Å². The van der Waals surface area contributed by atoms with Crippen LogP contribution in [0.4, 0.5) is 0 Å². The number of phenols is 2. The Morgan fingerprint density at radius 2 is 0.627 bits per heavy atom. The zero-order chi connectivity index (χ0) is 46.1. The molecule has 2 atom stereocenters. The molecule has 0 radical (unpaired) electrons. The van der Waals surface area contributed by atoms with Crippen LogP contribution < -0.4 is 31.8 Å². The molecule has 1 saturated carbocycles. The summed E-state index contributed by atoms with van der Waals surface area (Å²) in [4.78, 5) is 9.45. The average molecular weight is 1260 g/mol. The van der Waals surface area contributed by atoms with Gasteiger partial charge in [-0.05, 0) is 117 Å². The molecule has 0 spiro atoms. The van der Waals surface area contributed by atoms with E-state index < -0.39 is 15.8 Å². The molecule has 0 amide bonds. The maximum Gasteiger partial charge on any atom is 0.138 e. The molecule has 2 N–H and O–H groups in total. The Morgan fingerprint density at radius 1 is 0.388 bits per heavy atom. The molecule has 0 unspecified atom stereocenters. The normalized spacial score (nSPS) is 14.5. The van der Waals surface area contributed by atoms with Crippen molar-refractivity contribution in [1.82, 2.24) is 0 Å². The van der Waals surface area contributed by atoms with Crippen LogP contribution >= 0.6 is 79.6 Å². The van der Waals surface area contributed by atoms with E-state index in [-0.39, 0.29) is 43.1 Å². The third-order valence-corrected chi connectivity index (χ3v) is 17.7. The average Bonchev–Trinajstić information content (AvgIpc) is 3.36. The van der Waals surface area contributed by atoms with Gasteiger partial charge in [0.25, 0.3) is 0 Å². The summed E-state index contributed by atoms with van der Waals surface area (Å²) in [6, 6.07) is 72.0. The Labute approximate surface area is 443 Å². The molecule has 0 aliphatic heterocycles. The van der Waals surface area contributed by atoms with Crippen LogP contribution in [0.25, 0.3) is 0 Å². The fourth-order valence-electron chi connectivity index (χ4n) is 7.52. The summed E-state index contributed by atoms with van der Waals surface area (Å²) >= 11 is 13.6. The third-order valence-electron chi connectivity index (χ3n) is 10.7. The molecule has 1 aliphatic carbocycles. The maximum atomic E-state index is 10.2. The van der Waals surface area contributed by atoms with Crippen molar-refractivity contribution in [2.45, 2.75) is 37.8 Å². The quantitative estimate of drug-likeness (QED) is 0.0814. The van der Waals surface area contributed by atoms with Crippen LogP contribution in [0.5, 0.6) is 11.5 Å². The molecular weight excluding hydrogens is 1220 g/mol. The Balaban J connectivity index is 0.000000169. The molecule has 4 nitrogen and oxygen atoms in total. The number of aromatic hydroxyl groups is 2. The minimum atomic E-state index is -0.446. The van der Waals surface area contributed by atoms with Gasteiger partial charge < -0.3 is 10.2 Å². The summed E-state index contributed by atoms with van der Waals surface area (Å²) in [5.74, 6) is 0.346. The van der Waals surface area contributed by atoms with Crippen molar-refractivity contribution in [3.8, 4) is 11.5 Å². The zero-order valence-electron chi connectivity index (χ0n) is 36.3. The summed E-state index contributed by atoms with van der Waals surface area (Å²) in [5, 5.41) is 28.8. The molecule has 9 rings (SSSR count). The number of hydrogen-bond acceptors (Lipinski definition) is 4. The first kappa shape index (κ1) is 52.5. The van der Waals surface area contributed by atoms with Crippen LogP contribution in [-0.4, -0.2) is 34.7 Å². The molecule has 8 aromatic carbocycles. The van der Waals surface area contributed by atoms with E-state index in [4.69, 9.17) is 9.98 Å². The Bertz CT molecular complexity index is 2420. The van der Waals surface area contributed by atoms with Crippen LogP contribution in [-0.2, 0) is 19.5 Å². The van der Waals surface area contributed by atoms with Gasteiger partial charge in [0.2, 0.25) is 0 Å². The molecule has 8 aromatic rings. The second-order valence-corrected chi connectivity index (χ2v) is 23.3. The van der Waals surface area contributed by atoms with E-state index in [0.29, 0.717) is 20.1 Å². The predicted octanol–water partition coefficient (Wildman–Crippen LogP) is 13.9. The van der Waals surface area contributed by atoms with Crippen molar-refractivity contribution >= 4 is 124 Å². The molecule has 0 bridgehead atoms. The number of hydrogen-bond donors (Lipinski definition) is 2. The number of phenolic OH excluding ortho intramolecular Hbond substituents is 2. The number of rotatable bonds is 10. The van der Waals surface area contributed by atoms with Gasteiger partial charge in [-0.15, -0.1) is 0 Å². The van der Waals surface area contributed by atoms with E-state index in [0.717, 1.165) is 34.6 Å². The van der Waals surface area contributed by atoms with Crippen molar-refractivity contribution in [2.24, 2.45) is 9.98 Å². The minimum Gasteiger partial charge on any atom is -0.506 e. The van der Waals surface area contributed by atoms with Crippen molar-refractivity contribution in [3.63, 3.8) is 0 Å². The molecule has 11 heteroatoms. The summed E-state index contributed by atoms with van der Waals surface area (Å²) in [7, 11) is -0.892. The Morgan fingerprint density at radius 3 is 0.866 bits per heavy atom. The number of nitrogens with zero attached hydrogens (tertiary/aromatic N) is 2. The fourth-order valence-corrected chi connectivity index (χ4v) is 14.6. The second kappa shape index (κ2) is 27.3. The standard InChI is InChI=1S/C20H18Br4N2O2.2C18H15P.Ru/c21-13-5-11(19(27)15(23)7-13)9-25-17-3-1-2-4-18(17)26-10-12-6-14(22)8-16(24)20(12)28;2*1-4-10-16(11-5-1)19(17-12-6-2-7-13-17)18-14-8-3-9-15-18;/h5-10,17-18,27-28H,1-4H2;2*1-15H;/t17-,18-;;;/m1.../s1. The van der Waals surface area contributed by atoms with Crippen LogP contribution in [0, 0.1) is 0 Å². The molecule has 0 aromatic heterocycles. The second-order valence-electron chi connectivity index (χ2n) is 15.3. The zero-order valence-corrected chi connectivity index (χ0v) is 46.2. The van der Waals surface area contributed by atoms with Crippen LogP contribution in [0.2, 0.25) is 0 Å². The molecule has 0 heterocycles. The number of benzene rings is 8. The van der Waals surface area contributed by atoms with E-state index >= 15 is 0 Å². The first-order chi connectivity index (χ1) is 32.2. The van der Waals surface area contributed by atoms with Gasteiger partial charge in [-0.3, -0.25) is 9.98 Å². The van der Waals surface area contributed by atoms with Gasteiger partial charge >= 0.3 is 0 Å². The van der Waals surface area contributed by atoms with Gasteiger partial charge in [0.05, 0.1) is 21.0 Å². The Hall–Kier alpha value is -3.90. The Kier molecular flexibility index (Phi) is 21.4. The minimum absolute atomic E-state index is 0. The summed E-state index contributed by atoms with van der Waals surface area (Å²) < 4.78 is 2.98. The van der Waals surface area contributed by atoms with E-state index in [1.165, 1.54) is 31.8 Å². The van der Waals surface area contributed by atoms with Gasteiger partial charge in [0, 0.05) is 52.0 Å². The monoisotopic (exact) mass is 1260 g/mol. The third kappa shape index (κ3) is 15.3. The number of aliphatic imine (C=N–C) groups is 2. The molecule has 340 valence electrons. The van der Waals surface area contributed by atoms with E-state index in [1.54, 1.807) is 24.6 Å². The van der Waals surface area contributed by atoms with Gasteiger partial charge in [0.1, 0.15) is 11.5 Å². The van der Waals surface area contributed by atoms with Crippen molar-refractivity contribution in [1.29, 1.82) is 0 Å². The van der Waals surface area contributed by atoms with Gasteiger partial charge in [-0.2, -0.15) is 0 Å². The summed E-state index contributed by atoms with van der Waals surface area (Å²) in [6.45, 7) is 0. The van der Waals surface area contributed by atoms with Crippen molar-refractivity contribution < 1.29 is 29.7 Å². The summed E-state index contributed by atoms with van der Waals surface area (Å²) in [6.07, 6.45) is 7.55. The van der Waals surface area contributed by atoms with E-state index in [9.17, 15) is 10.2 Å². The van der Waals surface area contributed by atoms with E-state index in [1.807, 2.05) is 12.1 Å². The predicted molar refractivity (Wildman–Crippen MR) is 299 cm³/mol. The van der Waals surface area contributed by atoms with Crippen LogP contribution in [0.15, 0.2) is 234 Å². The maximum absolute atomic E-state index is 10.2. The van der Waals surface area contributed by atoms with Gasteiger partial charge in [-0.25, -0.2) is 0 Å². The van der Waals surface area contributed by atoms with Crippen molar-refractivity contribution in [3.05, 3.63) is 235 Å². The smallest absolute Gasteiger partial charge is 0.138 e. The van der Waals surface area contributed by atoms with Crippen molar-refractivity contribution in [2.75, 3.05) is 0 Å². The first-order valence-electron chi connectivity index (χ1n) is 21.6. The molecule has 1 aliphatic rings. The molecule has 1 fully saturated rings. The summed E-state index contributed by atoms with van der Waals surface area (Å²) in [5.41, 5.74) is 1.31. The SMILES string of the molecule is Oc1c(Br)cc(Br)cc1C=N[C@@H]1CCCC[C@H]1N=Cc1cc(Br)cc(Br)c1O.[Ru].c1ccc(P(c2ccccc2)c2ccccc2)cc1.c1ccc(P(c2ccccc2)c2ccccc2)cc1. The molecule has 0 saturated heterocycles. The number of halogens is 4. The molecular formula is C56H48Br4N2O2P2Ru. The van der Waals surface area contributed by atoms with Crippen LogP contribution in [0.3, 0.4) is 0 Å². The largest absolute Gasteiger partial charge is 0.506 e. The molecule has 67 heavy (non-hydrogen) atoms. The van der Waals surface area contributed by atoms with Gasteiger partial charge in [0.15, 0.2) is 0 Å².